The van der Waals surface area contributed by atoms with Gasteiger partial charge in [0.25, 0.3) is 0 Å². The number of rotatable bonds is 3. The first kappa shape index (κ1) is 10.3. The fourth-order valence-electron chi connectivity index (χ4n) is 1.22. The number of allylic oxidation sites excluding steroid dienone is 1. The van der Waals surface area contributed by atoms with E-state index in [9.17, 15) is 0 Å². The van der Waals surface area contributed by atoms with Crippen molar-refractivity contribution in [1.29, 1.82) is 0 Å². The molecule has 0 radical (unpaired) electrons. The van der Waals surface area contributed by atoms with E-state index in [1.54, 1.807) is 6.20 Å². The van der Waals surface area contributed by atoms with Crippen LogP contribution in [0.25, 0.3) is 0 Å². The van der Waals surface area contributed by atoms with Crippen LogP contribution in [0.15, 0.2) is 16.8 Å². The van der Waals surface area contributed by atoms with Crippen molar-refractivity contribution < 1.29 is 4.74 Å². The summed E-state index contributed by atoms with van der Waals surface area (Å²) >= 11 is 0. The standard InChI is InChI=1S/C10H18N2O/c1-8(2)9(5-11)6-12-10-3-4-13-7-10/h5-6,8,10H,3-4,7,11H2,1-2H3. The van der Waals surface area contributed by atoms with Crippen LogP contribution in [0, 0.1) is 5.92 Å². The molecule has 1 saturated heterocycles. The van der Waals surface area contributed by atoms with E-state index in [0.29, 0.717) is 12.0 Å². The van der Waals surface area contributed by atoms with Gasteiger partial charge in [-0.15, -0.1) is 0 Å². The Bertz CT molecular complexity index is 203. The summed E-state index contributed by atoms with van der Waals surface area (Å²) in [5.41, 5.74) is 6.56. The van der Waals surface area contributed by atoms with Crippen LogP contribution >= 0.6 is 0 Å². The van der Waals surface area contributed by atoms with Gasteiger partial charge in [0.05, 0.1) is 12.6 Å². The highest BCUT2D eigenvalue weighted by Gasteiger charge is 2.13. The van der Waals surface area contributed by atoms with Crippen LogP contribution in [0.4, 0.5) is 0 Å². The van der Waals surface area contributed by atoms with Gasteiger partial charge < -0.3 is 10.5 Å². The average Bonchev–Trinajstić information content (AvgIpc) is 2.57. The average molecular weight is 182 g/mol. The molecule has 0 spiro atoms. The molecule has 0 aromatic rings. The van der Waals surface area contributed by atoms with Gasteiger partial charge in [-0.3, -0.25) is 4.99 Å². The molecule has 3 heteroatoms. The third kappa shape index (κ3) is 3.19. The summed E-state index contributed by atoms with van der Waals surface area (Å²) in [4.78, 5) is 4.42. The van der Waals surface area contributed by atoms with Crippen LogP contribution in [0.5, 0.6) is 0 Å². The molecule has 0 bridgehead atoms. The maximum absolute atomic E-state index is 5.47. The minimum atomic E-state index is 0.341. The van der Waals surface area contributed by atoms with Crippen molar-refractivity contribution in [2.45, 2.75) is 26.3 Å². The Labute approximate surface area is 79.7 Å². The van der Waals surface area contributed by atoms with E-state index in [2.05, 4.69) is 18.8 Å². The number of nitrogens with two attached hydrogens (primary N) is 1. The molecule has 0 aromatic carbocycles. The van der Waals surface area contributed by atoms with Crippen molar-refractivity contribution in [3.8, 4) is 0 Å². The van der Waals surface area contributed by atoms with E-state index in [0.717, 1.165) is 25.2 Å². The molecule has 0 aliphatic carbocycles. The second-order valence-corrected chi connectivity index (χ2v) is 3.62. The molecule has 74 valence electrons. The molecule has 3 nitrogen and oxygen atoms in total. The van der Waals surface area contributed by atoms with Crippen LogP contribution in [-0.4, -0.2) is 25.5 Å². The quantitative estimate of drug-likeness (QED) is 0.670. The molecule has 1 heterocycles. The maximum atomic E-state index is 5.47. The SMILES string of the molecule is CC(C)C(C=NC1CCOC1)=CN. The van der Waals surface area contributed by atoms with Crippen LogP contribution < -0.4 is 5.73 Å². The van der Waals surface area contributed by atoms with Crippen LogP contribution in [0.1, 0.15) is 20.3 Å². The van der Waals surface area contributed by atoms with Gasteiger partial charge in [0.15, 0.2) is 0 Å². The number of nitrogens with zero attached hydrogens (tertiary/aromatic N) is 1. The highest BCUT2D eigenvalue weighted by molar-refractivity contribution is 5.78. The molecule has 0 amide bonds. The van der Waals surface area contributed by atoms with Crippen molar-refractivity contribution in [1.82, 2.24) is 0 Å². The van der Waals surface area contributed by atoms with Gasteiger partial charge in [0.2, 0.25) is 0 Å². The fourth-order valence-corrected chi connectivity index (χ4v) is 1.22. The van der Waals surface area contributed by atoms with E-state index < -0.39 is 0 Å². The molecule has 1 atom stereocenters. The van der Waals surface area contributed by atoms with Gasteiger partial charge in [-0.1, -0.05) is 13.8 Å². The van der Waals surface area contributed by atoms with Gasteiger partial charge >= 0.3 is 0 Å². The molecule has 1 unspecified atom stereocenters. The minimum Gasteiger partial charge on any atom is -0.404 e. The van der Waals surface area contributed by atoms with E-state index in [1.807, 2.05) is 6.21 Å². The van der Waals surface area contributed by atoms with E-state index in [1.165, 1.54) is 0 Å². The molecule has 1 fully saturated rings. The third-order valence-electron chi connectivity index (χ3n) is 2.20. The third-order valence-corrected chi connectivity index (χ3v) is 2.20. The predicted octanol–water partition coefficient (Wildman–Crippen LogP) is 1.34. The molecule has 1 rings (SSSR count). The minimum absolute atomic E-state index is 0.341. The lowest BCUT2D eigenvalue weighted by molar-refractivity contribution is 0.194. The molecule has 0 aromatic heterocycles. The molecular formula is C10H18N2O. The zero-order chi connectivity index (χ0) is 9.68. The summed E-state index contributed by atoms with van der Waals surface area (Å²) in [6.07, 6.45) is 4.54. The first-order chi connectivity index (χ1) is 6.24. The second-order valence-electron chi connectivity index (χ2n) is 3.62. The summed E-state index contributed by atoms with van der Waals surface area (Å²) in [5.74, 6) is 0.441. The van der Waals surface area contributed by atoms with Crippen molar-refractivity contribution in [3.63, 3.8) is 0 Å². The van der Waals surface area contributed by atoms with E-state index >= 15 is 0 Å². The first-order valence-corrected chi connectivity index (χ1v) is 4.76. The Morgan fingerprint density at radius 1 is 1.62 bits per heavy atom. The lowest BCUT2D eigenvalue weighted by atomic mass is 10.1. The van der Waals surface area contributed by atoms with Crippen molar-refractivity contribution in [2.75, 3.05) is 13.2 Å². The molecule has 2 N–H and O–H groups in total. The number of aliphatic imine (C=N–C) groups is 1. The van der Waals surface area contributed by atoms with Crippen LogP contribution in [0.3, 0.4) is 0 Å². The largest absolute Gasteiger partial charge is 0.404 e. The highest BCUT2D eigenvalue weighted by Crippen LogP contribution is 2.10. The van der Waals surface area contributed by atoms with E-state index in [4.69, 9.17) is 10.5 Å². The number of ether oxygens (including phenoxy) is 1. The maximum Gasteiger partial charge on any atom is 0.0755 e. The zero-order valence-corrected chi connectivity index (χ0v) is 8.36. The molecule has 0 saturated carbocycles. The van der Waals surface area contributed by atoms with Gasteiger partial charge in [0, 0.05) is 12.8 Å². The summed E-state index contributed by atoms with van der Waals surface area (Å²) < 4.78 is 5.22. The molecule has 1 aliphatic rings. The Morgan fingerprint density at radius 3 is 2.85 bits per heavy atom. The Morgan fingerprint density at radius 2 is 2.38 bits per heavy atom. The van der Waals surface area contributed by atoms with Crippen molar-refractivity contribution in [2.24, 2.45) is 16.6 Å². The van der Waals surface area contributed by atoms with Gasteiger partial charge in [-0.2, -0.15) is 0 Å². The summed E-state index contributed by atoms with van der Waals surface area (Å²) in [7, 11) is 0. The van der Waals surface area contributed by atoms with Gasteiger partial charge in [-0.05, 0) is 24.1 Å². The molecule has 1 aliphatic heterocycles. The highest BCUT2D eigenvalue weighted by atomic mass is 16.5. The summed E-state index contributed by atoms with van der Waals surface area (Å²) in [6, 6.07) is 0.341. The topological polar surface area (TPSA) is 47.6 Å². The molecule has 13 heavy (non-hydrogen) atoms. The monoisotopic (exact) mass is 182 g/mol. The summed E-state index contributed by atoms with van der Waals surface area (Å²) in [5, 5.41) is 0. The smallest absolute Gasteiger partial charge is 0.0755 e. The lowest BCUT2D eigenvalue weighted by Gasteiger charge is -2.05. The molecular weight excluding hydrogens is 164 g/mol. The first-order valence-electron chi connectivity index (χ1n) is 4.76. The number of hydrogen-bond acceptors (Lipinski definition) is 3. The van der Waals surface area contributed by atoms with Gasteiger partial charge in [0.1, 0.15) is 0 Å². The second kappa shape index (κ2) is 5.02. The summed E-state index contributed by atoms with van der Waals surface area (Å²) in [6.45, 7) is 5.81. The predicted molar refractivity (Wildman–Crippen MR) is 54.8 cm³/mol. The van der Waals surface area contributed by atoms with Crippen LogP contribution in [0.2, 0.25) is 0 Å². The fraction of sp³-hybridized carbons (Fsp3) is 0.700. The van der Waals surface area contributed by atoms with Crippen LogP contribution in [-0.2, 0) is 4.74 Å². The normalized spacial score (nSPS) is 24.8. The van der Waals surface area contributed by atoms with Crippen molar-refractivity contribution in [3.05, 3.63) is 11.8 Å². The number of hydrogen-bond donors (Lipinski definition) is 1. The Balaban J connectivity index is 2.45. The Kier molecular flexibility index (Phi) is 3.96. The van der Waals surface area contributed by atoms with Gasteiger partial charge in [-0.25, -0.2) is 0 Å². The van der Waals surface area contributed by atoms with Crippen molar-refractivity contribution >= 4 is 6.21 Å². The van der Waals surface area contributed by atoms with E-state index in [-0.39, 0.29) is 0 Å². The zero-order valence-electron chi connectivity index (χ0n) is 8.36. The lowest BCUT2D eigenvalue weighted by Crippen LogP contribution is -2.06. The Hall–Kier alpha value is -0.830.